The Labute approximate surface area is 213 Å². The fraction of sp³-hybridized carbons (Fsp3) is 0.542. The van der Waals surface area contributed by atoms with Crippen LogP contribution in [0.3, 0.4) is 0 Å². The van der Waals surface area contributed by atoms with Gasteiger partial charge in [0.25, 0.3) is 0 Å². The number of aromatic nitrogens is 2. The highest BCUT2D eigenvalue weighted by Gasteiger charge is 2.45. The van der Waals surface area contributed by atoms with Crippen molar-refractivity contribution in [3.05, 3.63) is 46.4 Å². The molecular weight excluding hydrogens is 510 g/mol. The second-order valence-corrected chi connectivity index (χ2v) is 12.2. The molecule has 2 aliphatic rings. The Balaban J connectivity index is 1.64. The Kier molecular flexibility index (Phi) is 7.56. The zero-order valence-electron chi connectivity index (χ0n) is 20.9. The highest BCUT2D eigenvalue weighted by atomic mass is 32.2. The summed E-state index contributed by atoms with van der Waals surface area (Å²) in [5.74, 6) is -2.22. The van der Waals surface area contributed by atoms with Crippen molar-refractivity contribution in [2.45, 2.75) is 38.9 Å². The lowest BCUT2D eigenvalue weighted by molar-refractivity contribution is -0.143. The molecule has 10 nitrogen and oxygen atoms in total. The summed E-state index contributed by atoms with van der Waals surface area (Å²) in [5, 5.41) is 3.58. The third-order valence-electron chi connectivity index (χ3n) is 6.60. The molecule has 0 amide bonds. The van der Waals surface area contributed by atoms with E-state index in [1.54, 1.807) is 18.7 Å². The topological polar surface area (TPSA) is 111 Å². The number of anilines is 1. The summed E-state index contributed by atoms with van der Waals surface area (Å²) in [5.41, 5.74) is -0.891. The first kappa shape index (κ1) is 27.0. The van der Waals surface area contributed by atoms with Crippen LogP contribution in [0.25, 0.3) is 5.69 Å². The zero-order chi connectivity index (χ0) is 27.0. The zero-order valence-corrected chi connectivity index (χ0v) is 21.8. The van der Waals surface area contributed by atoms with Gasteiger partial charge in [0.05, 0.1) is 23.7 Å². The van der Waals surface area contributed by atoms with Gasteiger partial charge in [0.15, 0.2) is 0 Å². The van der Waals surface area contributed by atoms with Crippen LogP contribution in [0.4, 0.5) is 14.5 Å². The Morgan fingerprint density at radius 1 is 1.08 bits per heavy atom. The summed E-state index contributed by atoms with van der Waals surface area (Å²) in [6.45, 7) is 5.81. The van der Waals surface area contributed by atoms with Crippen LogP contribution in [0.15, 0.2) is 29.2 Å². The van der Waals surface area contributed by atoms with Gasteiger partial charge in [-0.1, -0.05) is 0 Å². The van der Waals surface area contributed by atoms with E-state index in [1.807, 2.05) is 0 Å². The number of hydrogen-bond donors (Lipinski definition) is 0. The molecule has 1 saturated heterocycles. The van der Waals surface area contributed by atoms with Gasteiger partial charge in [-0.25, -0.2) is 17.2 Å². The monoisotopic (exact) mass is 540 g/mol. The second kappa shape index (κ2) is 10.4. The van der Waals surface area contributed by atoms with Crippen LogP contribution in [0.2, 0.25) is 0 Å². The fourth-order valence-electron chi connectivity index (χ4n) is 4.10. The highest BCUT2D eigenvalue weighted by molar-refractivity contribution is 7.89. The average Bonchev–Trinajstić information content (AvgIpc) is 3.61. The fourth-order valence-corrected chi connectivity index (χ4v) is 5.37. The van der Waals surface area contributed by atoms with Crippen LogP contribution >= 0.6 is 0 Å². The van der Waals surface area contributed by atoms with Crippen LogP contribution in [-0.2, 0) is 19.6 Å². The minimum absolute atomic E-state index is 0.0751. The number of rotatable bonds is 9. The van der Waals surface area contributed by atoms with Gasteiger partial charge < -0.3 is 14.4 Å². The molecule has 1 saturated carbocycles. The second-order valence-electron chi connectivity index (χ2n) is 9.75. The van der Waals surface area contributed by atoms with Crippen LogP contribution in [0, 0.1) is 17.0 Å². The number of sulfonamides is 1. The number of piperazine rings is 1. The molecule has 0 bridgehead atoms. The molecule has 1 aliphatic heterocycles. The molecule has 0 atom stereocenters. The lowest BCUT2D eigenvalue weighted by atomic mass is 10.1. The molecule has 4 rings (SSSR count). The van der Waals surface area contributed by atoms with Gasteiger partial charge in [-0.05, 0) is 38.8 Å². The number of halogens is 2. The molecule has 0 N–H and O–H groups in total. The molecule has 202 valence electrons. The molecule has 13 heteroatoms. The minimum atomic E-state index is -3.43. The lowest BCUT2D eigenvalue weighted by Gasteiger charge is -2.36. The molecule has 1 aromatic heterocycles. The first-order chi connectivity index (χ1) is 17.4. The molecule has 1 aromatic carbocycles. The normalized spacial score (nSPS) is 17.6. The Morgan fingerprint density at radius 3 is 2.24 bits per heavy atom. The molecule has 0 radical (unpaired) electrons. The SMILES string of the molecule is CC(=O)OCC1(COc2c(N3CCN(S(=O)(=O)C(C)C)CC3)cnn(-c3cc(F)cc(F)c3)c2=O)CC1. The van der Waals surface area contributed by atoms with Gasteiger partial charge in [-0.2, -0.15) is 14.1 Å². The van der Waals surface area contributed by atoms with Gasteiger partial charge in [0.1, 0.15) is 23.9 Å². The van der Waals surface area contributed by atoms with Crippen molar-refractivity contribution in [3.8, 4) is 11.4 Å². The minimum Gasteiger partial charge on any atom is -0.485 e. The molecule has 0 unspecified atom stereocenters. The predicted octanol–water partition coefficient (Wildman–Crippen LogP) is 2.09. The van der Waals surface area contributed by atoms with Gasteiger partial charge in [-0.15, -0.1) is 0 Å². The van der Waals surface area contributed by atoms with Crippen molar-refractivity contribution in [1.82, 2.24) is 14.1 Å². The maximum absolute atomic E-state index is 13.9. The summed E-state index contributed by atoms with van der Waals surface area (Å²) < 4.78 is 66.2. The number of esters is 1. The van der Waals surface area contributed by atoms with Crippen molar-refractivity contribution < 1.29 is 31.5 Å². The standard InChI is InChI=1S/C24H30F2N4O6S/c1-16(2)37(33,34)29-8-6-28(7-9-29)21-13-27-30(20-11-18(25)10-19(26)12-20)23(32)22(21)36-15-24(4-5-24)14-35-17(3)31/h10-13,16H,4-9,14-15H2,1-3H3. The molecule has 2 fully saturated rings. The number of nitrogens with zero attached hydrogens (tertiary/aromatic N) is 4. The number of ether oxygens (including phenoxy) is 2. The third kappa shape index (κ3) is 5.93. The van der Waals surface area contributed by atoms with Crippen LogP contribution in [0.1, 0.15) is 33.6 Å². The summed E-state index contributed by atoms with van der Waals surface area (Å²) >= 11 is 0. The van der Waals surface area contributed by atoms with Crippen molar-refractivity contribution in [1.29, 1.82) is 0 Å². The maximum Gasteiger partial charge on any atom is 0.316 e. The largest absolute Gasteiger partial charge is 0.485 e. The average molecular weight is 541 g/mol. The summed E-state index contributed by atoms with van der Waals surface area (Å²) in [7, 11) is -3.43. The quantitative estimate of drug-likeness (QED) is 0.445. The van der Waals surface area contributed by atoms with E-state index < -0.39 is 43.9 Å². The number of benzene rings is 1. The van der Waals surface area contributed by atoms with Gasteiger partial charge in [0.2, 0.25) is 15.8 Å². The van der Waals surface area contributed by atoms with E-state index in [9.17, 15) is 26.8 Å². The van der Waals surface area contributed by atoms with Crippen LogP contribution in [-0.4, -0.2) is 73.1 Å². The molecule has 2 aromatic rings. The van der Waals surface area contributed by atoms with Gasteiger partial charge in [-0.3, -0.25) is 9.59 Å². The maximum atomic E-state index is 13.9. The summed E-state index contributed by atoms with van der Waals surface area (Å²) in [4.78, 5) is 26.6. The molecule has 0 spiro atoms. The number of hydrogen-bond acceptors (Lipinski definition) is 8. The Hall–Kier alpha value is -3.06. The Morgan fingerprint density at radius 2 is 1.70 bits per heavy atom. The van der Waals surface area contributed by atoms with Crippen molar-refractivity contribution >= 4 is 21.7 Å². The van der Waals surface area contributed by atoms with Crippen molar-refractivity contribution in [2.75, 3.05) is 44.3 Å². The smallest absolute Gasteiger partial charge is 0.316 e. The lowest BCUT2D eigenvalue weighted by Crippen LogP contribution is -2.50. The van der Waals surface area contributed by atoms with E-state index in [-0.39, 0.29) is 37.7 Å². The molecular formula is C24H30F2N4O6S. The van der Waals surface area contributed by atoms with E-state index in [0.717, 1.165) is 29.7 Å². The van der Waals surface area contributed by atoms with Gasteiger partial charge >= 0.3 is 11.5 Å². The predicted molar refractivity (Wildman–Crippen MR) is 131 cm³/mol. The summed E-state index contributed by atoms with van der Waals surface area (Å²) in [6, 6.07) is 2.66. The van der Waals surface area contributed by atoms with E-state index >= 15 is 0 Å². The van der Waals surface area contributed by atoms with E-state index in [1.165, 1.54) is 17.4 Å². The summed E-state index contributed by atoms with van der Waals surface area (Å²) in [6.07, 6.45) is 2.86. The number of carbonyl (C=O) groups excluding carboxylic acids is 1. The molecule has 1 aliphatic carbocycles. The van der Waals surface area contributed by atoms with E-state index in [4.69, 9.17) is 9.47 Å². The van der Waals surface area contributed by atoms with E-state index in [0.29, 0.717) is 24.8 Å². The van der Waals surface area contributed by atoms with Gasteiger partial charge in [0, 0.05) is 44.6 Å². The van der Waals surface area contributed by atoms with Crippen LogP contribution in [0.5, 0.6) is 5.75 Å². The Bertz CT molecular complexity index is 1310. The molecule has 2 heterocycles. The third-order valence-corrected chi connectivity index (χ3v) is 8.88. The van der Waals surface area contributed by atoms with Crippen LogP contribution < -0.4 is 15.2 Å². The van der Waals surface area contributed by atoms with E-state index in [2.05, 4.69) is 5.10 Å². The first-order valence-corrected chi connectivity index (χ1v) is 13.5. The van der Waals surface area contributed by atoms with Crippen molar-refractivity contribution in [3.63, 3.8) is 0 Å². The number of carbonyl (C=O) groups is 1. The van der Waals surface area contributed by atoms with Crippen molar-refractivity contribution in [2.24, 2.45) is 5.41 Å². The first-order valence-electron chi connectivity index (χ1n) is 12.0. The highest BCUT2D eigenvalue weighted by Crippen LogP contribution is 2.46. The molecule has 37 heavy (non-hydrogen) atoms.